The van der Waals surface area contributed by atoms with Crippen LogP contribution >= 0.6 is 0 Å². The molecule has 2 aliphatic heterocycles. The molecule has 188 valence electrons. The van der Waals surface area contributed by atoms with Crippen molar-refractivity contribution >= 4 is 11.1 Å². The molecule has 0 radical (unpaired) electrons. The molecule has 2 aliphatic rings. The largest absolute Gasteiger partial charge is 0.508 e. The molecule has 0 amide bonds. The van der Waals surface area contributed by atoms with Gasteiger partial charge in [0.1, 0.15) is 35.7 Å². The second-order valence-electron chi connectivity index (χ2n) is 9.62. The Hall–Kier alpha value is -3.51. The Morgan fingerprint density at radius 3 is 2.61 bits per heavy atom. The van der Waals surface area contributed by atoms with Crippen molar-refractivity contribution in [3.63, 3.8) is 0 Å². The van der Waals surface area contributed by atoms with E-state index in [1.807, 2.05) is 43.3 Å². The number of halogens is 1. The number of rotatable bonds is 8. The summed E-state index contributed by atoms with van der Waals surface area (Å²) in [5, 5.41) is 20.2. The average Bonchev–Trinajstić information content (AvgIpc) is 3.32. The van der Waals surface area contributed by atoms with E-state index in [9.17, 15) is 14.6 Å². The summed E-state index contributed by atoms with van der Waals surface area (Å²) in [7, 11) is 0. The van der Waals surface area contributed by atoms with E-state index in [0.717, 1.165) is 59.6 Å². The van der Waals surface area contributed by atoms with Crippen molar-refractivity contribution < 1.29 is 24.1 Å². The number of hydrogen-bond acceptors (Lipinski definition) is 5. The molecular weight excluding hydrogens is 457 g/mol. The van der Waals surface area contributed by atoms with Gasteiger partial charge >= 0.3 is 0 Å². The number of aromatic hydroxyl groups is 2. The minimum absolute atomic E-state index is 0.179. The van der Waals surface area contributed by atoms with Crippen molar-refractivity contribution in [2.75, 3.05) is 32.9 Å². The van der Waals surface area contributed by atoms with Gasteiger partial charge in [-0.15, -0.1) is 0 Å². The van der Waals surface area contributed by atoms with Crippen molar-refractivity contribution in [3.05, 3.63) is 83.4 Å². The molecular formula is C30H32FNO4. The highest BCUT2D eigenvalue weighted by molar-refractivity contribution is 5.95. The number of allylic oxidation sites excluding steroid dienone is 1. The normalized spacial score (nSPS) is 19.7. The van der Waals surface area contributed by atoms with E-state index >= 15 is 0 Å². The number of likely N-dealkylation sites (tertiary alicyclic amines) is 1. The molecule has 3 aromatic carbocycles. The van der Waals surface area contributed by atoms with E-state index < -0.39 is 0 Å². The van der Waals surface area contributed by atoms with Gasteiger partial charge in [0.25, 0.3) is 0 Å². The van der Waals surface area contributed by atoms with Gasteiger partial charge in [-0.05, 0) is 91.4 Å². The number of fused-ring (bicyclic) bond motifs is 1. The monoisotopic (exact) mass is 489 g/mol. The zero-order valence-corrected chi connectivity index (χ0v) is 20.5. The van der Waals surface area contributed by atoms with E-state index in [1.165, 1.54) is 0 Å². The predicted molar refractivity (Wildman–Crippen MR) is 139 cm³/mol. The Labute approximate surface area is 211 Å². The van der Waals surface area contributed by atoms with Crippen LogP contribution in [0, 0.1) is 5.92 Å². The maximum Gasteiger partial charge on any atom is 0.150 e. The van der Waals surface area contributed by atoms with Crippen molar-refractivity contribution in [1.82, 2.24) is 4.90 Å². The molecule has 1 unspecified atom stereocenters. The van der Waals surface area contributed by atoms with Crippen LogP contribution in [0.2, 0.25) is 0 Å². The number of ether oxygens (including phenoxy) is 2. The first kappa shape index (κ1) is 24.2. The fourth-order valence-corrected chi connectivity index (χ4v) is 5.25. The first-order valence-electron chi connectivity index (χ1n) is 12.5. The van der Waals surface area contributed by atoms with Gasteiger partial charge in [-0.1, -0.05) is 24.3 Å². The van der Waals surface area contributed by atoms with Crippen LogP contribution < -0.4 is 9.47 Å². The standard InChI is InChI=1S/C30H32FNO4/c1-20-27-18-25(34)7-10-28(27)36-30(29(20)23-3-2-4-24(33)17-23)22-5-8-26(9-6-22)35-16-15-32-14-12-21(19-32)11-13-31/h2-10,17-18,21,30,33-34H,11-16,19H2,1H3/t21-,30?/m1/s1. The summed E-state index contributed by atoms with van der Waals surface area (Å²) >= 11 is 0. The molecule has 0 aromatic heterocycles. The second-order valence-corrected chi connectivity index (χ2v) is 9.62. The summed E-state index contributed by atoms with van der Waals surface area (Å²) in [6, 6.07) is 20.2. The zero-order chi connectivity index (χ0) is 25.1. The predicted octanol–water partition coefficient (Wildman–Crippen LogP) is 6.22. The third kappa shape index (κ3) is 5.19. The van der Waals surface area contributed by atoms with Gasteiger partial charge in [0, 0.05) is 24.2 Å². The maximum absolute atomic E-state index is 12.6. The van der Waals surface area contributed by atoms with Gasteiger partial charge in [-0.25, -0.2) is 0 Å². The van der Waals surface area contributed by atoms with Crippen LogP contribution in [-0.2, 0) is 0 Å². The van der Waals surface area contributed by atoms with E-state index in [2.05, 4.69) is 4.90 Å². The average molecular weight is 490 g/mol. The molecule has 0 spiro atoms. The van der Waals surface area contributed by atoms with Gasteiger partial charge < -0.3 is 19.7 Å². The van der Waals surface area contributed by atoms with Gasteiger partial charge in [-0.2, -0.15) is 0 Å². The number of phenols is 2. The zero-order valence-electron chi connectivity index (χ0n) is 20.5. The molecule has 0 saturated carbocycles. The quantitative estimate of drug-likeness (QED) is 0.393. The van der Waals surface area contributed by atoms with Crippen molar-refractivity contribution in [3.8, 4) is 23.0 Å². The molecule has 3 aromatic rings. The third-order valence-corrected chi connectivity index (χ3v) is 7.18. The molecule has 2 N–H and O–H groups in total. The summed E-state index contributed by atoms with van der Waals surface area (Å²) in [4.78, 5) is 2.34. The number of phenolic OH excluding ortho intramolecular Hbond substituents is 2. The number of nitrogens with zero attached hydrogens (tertiary/aromatic N) is 1. The first-order chi connectivity index (χ1) is 17.5. The number of benzene rings is 3. The van der Waals surface area contributed by atoms with Crippen LogP contribution in [0.25, 0.3) is 11.1 Å². The Bertz CT molecular complexity index is 1240. The van der Waals surface area contributed by atoms with Crippen molar-refractivity contribution in [2.45, 2.75) is 25.9 Å². The fraction of sp³-hybridized carbons (Fsp3) is 0.333. The molecule has 2 heterocycles. The van der Waals surface area contributed by atoms with Crippen LogP contribution in [0.5, 0.6) is 23.0 Å². The highest BCUT2D eigenvalue weighted by Gasteiger charge is 2.30. The van der Waals surface area contributed by atoms with E-state index in [1.54, 1.807) is 30.3 Å². The molecule has 5 nitrogen and oxygen atoms in total. The highest BCUT2D eigenvalue weighted by atomic mass is 19.1. The van der Waals surface area contributed by atoms with Gasteiger partial charge in [-0.3, -0.25) is 9.29 Å². The van der Waals surface area contributed by atoms with Crippen molar-refractivity contribution in [1.29, 1.82) is 0 Å². The lowest BCUT2D eigenvalue weighted by Crippen LogP contribution is -2.26. The van der Waals surface area contributed by atoms with E-state index in [-0.39, 0.29) is 24.3 Å². The van der Waals surface area contributed by atoms with Gasteiger partial charge in [0.05, 0.1) is 6.67 Å². The van der Waals surface area contributed by atoms with Crippen LogP contribution in [0.4, 0.5) is 4.39 Å². The lowest BCUT2D eigenvalue weighted by molar-refractivity contribution is 0.230. The van der Waals surface area contributed by atoms with E-state index in [4.69, 9.17) is 9.47 Å². The molecule has 1 fully saturated rings. The maximum atomic E-state index is 12.6. The van der Waals surface area contributed by atoms with E-state index in [0.29, 0.717) is 24.7 Å². The van der Waals surface area contributed by atoms with Crippen LogP contribution in [0.3, 0.4) is 0 Å². The Morgan fingerprint density at radius 2 is 1.83 bits per heavy atom. The summed E-state index contributed by atoms with van der Waals surface area (Å²) in [5.41, 5.74) is 4.59. The topological polar surface area (TPSA) is 62.2 Å². The number of hydrogen-bond donors (Lipinski definition) is 2. The van der Waals surface area contributed by atoms with Gasteiger partial charge in [0.2, 0.25) is 0 Å². The number of alkyl halides is 1. The highest BCUT2D eigenvalue weighted by Crippen LogP contribution is 2.47. The molecule has 0 bridgehead atoms. The molecule has 36 heavy (non-hydrogen) atoms. The Morgan fingerprint density at radius 1 is 1.03 bits per heavy atom. The Balaban J connectivity index is 1.33. The first-order valence-corrected chi connectivity index (χ1v) is 12.5. The SMILES string of the molecule is CC1=C(c2cccc(O)c2)C(c2ccc(OCCN3CC[C@@H](CCF)C3)cc2)Oc2ccc(O)cc21. The van der Waals surface area contributed by atoms with Gasteiger partial charge in [0.15, 0.2) is 0 Å². The molecule has 5 rings (SSSR count). The summed E-state index contributed by atoms with van der Waals surface area (Å²) in [6.07, 6.45) is 1.35. The minimum atomic E-state index is -0.380. The summed E-state index contributed by atoms with van der Waals surface area (Å²) < 4.78 is 25.0. The second kappa shape index (κ2) is 10.6. The molecule has 2 atom stereocenters. The fourth-order valence-electron chi connectivity index (χ4n) is 5.25. The summed E-state index contributed by atoms with van der Waals surface area (Å²) in [5.74, 6) is 2.33. The molecule has 0 aliphatic carbocycles. The smallest absolute Gasteiger partial charge is 0.150 e. The Kier molecular flexibility index (Phi) is 7.14. The third-order valence-electron chi connectivity index (χ3n) is 7.18. The molecule has 6 heteroatoms. The lowest BCUT2D eigenvalue weighted by atomic mass is 9.86. The van der Waals surface area contributed by atoms with Crippen LogP contribution in [-0.4, -0.2) is 48.0 Å². The minimum Gasteiger partial charge on any atom is -0.508 e. The van der Waals surface area contributed by atoms with Crippen LogP contribution in [0.15, 0.2) is 66.7 Å². The van der Waals surface area contributed by atoms with Crippen molar-refractivity contribution in [2.24, 2.45) is 5.92 Å². The summed E-state index contributed by atoms with van der Waals surface area (Å²) in [6.45, 7) is 5.17. The van der Waals surface area contributed by atoms with Crippen LogP contribution in [0.1, 0.15) is 42.6 Å². The molecule has 1 saturated heterocycles. The lowest BCUT2D eigenvalue weighted by Gasteiger charge is -2.31.